The third kappa shape index (κ3) is 3.68. The minimum absolute atomic E-state index is 0.123. The van der Waals surface area contributed by atoms with Gasteiger partial charge in [-0.1, -0.05) is 13.8 Å². The maximum Gasteiger partial charge on any atom is 0.421 e. The number of rotatable bonds is 2. The van der Waals surface area contributed by atoms with E-state index in [0.717, 1.165) is 25.2 Å². The number of hydrogen-bond donors (Lipinski definition) is 4. The van der Waals surface area contributed by atoms with Gasteiger partial charge in [-0.05, 0) is 31.1 Å². The second kappa shape index (κ2) is 7.71. The van der Waals surface area contributed by atoms with Crippen molar-refractivity contribution in [3.8, 4) is 0 Å². The lowest BCUT2D eigenvalue weighted by molar-refractivity contribution is -0.276. The molecule has 1 fully saturated rings. The van der Waals surface area contributed by atoms with Crippen LogP contribution in [0, 0.1) is 11.8 Å². The van der Waals surface area contributed by atoms with Crippen LogP contribution in [-0.2, 0) is 5.60 Å². The zero-order valence-corrected chi connectivity index (χ0v) is 17.3. The number of piperidine rings is 1. The van der Waals surface area contributed by atoms with Crippen molar-refractivity contribution in [2.75, 3.05) is 25.0 Å². The highest BCUT2D eigenvalue weighted by Crippen LogP contribution is 2.50. The van der Waals surface area contributed by atoms with Crippen molar-refractivity contribution >= 4 is 11.7 Å². The van der Waals surface area contributed by atoms with E-state index in [1.807, 2.05) is 0 Å². The van der Waals surface area contributed by atoms with Crippen LogP contribution in [-0.4, -0.2) is 63.2 Å². The molecule has 30 heavy (non-hydrogen) atoms. The average Bonchev–Trinajstić information content (AvgIpc) is 3.12. The van der Waals surface area contributed by atoms with E-state index in [1.165, 1.54) is 0 Å². The van der Waals surface area contributed by atoms with Crippen LogP contribution >= 0.6 is 0 Å². The highest BCUT2D eigenvalue weighted by molar-refractivity contribution is 5.83. The maximum absolute atomic E-state index is 13.7. The third-order valence-corrected chi connectivity index (χ3v) is 6.93. The van der Waals surface area contributed by atoms with Crippen molar-refractivity contribution in [1.29, 1.82) is 0 Å². The quantitative estimate of drug-likeness (QED) is 0.580. The van der Waals surface area contributed by atoms with E-state index >= 15 is 0 Å². The Labute approximate surface area is 173 Å². The second-order valence-electron chi connectivity index (χ2n) is 9.14. The lowest BCUT2D eigenvalue weighted by Gasteiger charge is -2.39. The first-order chi connectivity index (χ1) is 14.1. The van der Waals surface area contributed by atoms with Gasteiger partial charge in [-0.2, -0.15) is 18.3 Å². The lowest BCUT2D eigenvalue weighted by atomic mass is 9.80. The van der Waals surface area contributed by atoms with Crippen molar-refractivity contribution < 1.29 is 23.4 Å². The topological polar surface area (TPSA) is 96.8 Å². The number of aliphatic hydroxyl groups is 2. The molecular weight excluding hydrogens is 399 g/mol. The minimum Gasteiger partial charge on any atom is -0.376 e. The van der Waals surface area contributed by atoms with Crippen molar-refractivity contribution in [2.45, 2.75) is 69.9 Å². The maximum atomic E-state index is 13.7. The Kier molecular flexibility index (Phi) is 5.50. The third-order valence-electron chi connectivity index (χ3n) is 6.93. The molecule has 168 valence electrons. The Balaban J connectivity index is 1.49. The van der Waals surface area contributed by atoms with Crippen LogP contribution in [0.15, 0.2) is 4.99 Å². The van der Waals surface area contributed by atoms with Gasteiger partial charge in [0.1, 0.15) is 6.23 Å². The molecule has 10 heteroatoms. The van der Waals surface area contributed by atoms with E-state index < -0.39 is 24.4 Å². The van der Waals surface area contributed by atoms with E-state index in [0.29, 0.717) is 43.5 Å². The number of halogens is 3. The Hall–Kier alpha value is -1.81. The molecule has 0 radical (unpaired) electrons. The molecule has 7 nitrogen and oxygen atoms in total. The Morgan fingerprint density at radius 1 is 1.20 bits per heavy atom. The first-order valence-electron chi connectivity index (χ1n) is 10.7. The molecule has 0 amide bonds. The molecule has 0 bridgehead atoms. The number of amidine groups is 1. The summed E-state index contributed by atoms with van der Waals surface area (Å²) in [7, 11) is 0. The van der Waals surface area contributed by atoms with E-state index in [-0.39, 0.29) is 17.3 Å². The van der Waals surface area contributed by atoms with E-state index in [1.54, 1.807) is 0 Å². The highest BCUT2D eigenvalue weighted by Gasteiger charge is 2.60. The first-order valence-corrected chi connectivity index (χ1v) is 10.7. The van der Waals surface area contributed by atoms with Gasteiger partial charge in [0, 0.05) is 44.1 Å². The number of aliphatic hydroxyl groups excluding tert-OH is 1. The van der Waals surface area contributed by atoms with Gasteiger partial charge in [-0.15, -0.1) is 0 Å². The van der Waals surface area contributed by atoms with Gasteiger partial charge in [-0.25, -0.2) is 0 Å². The van der Waals surface area contributed by atoms with Gasteiger partial charge < -0.3 is 20.4 Å². The normalized spacial score (nSPS) is 30.8. The number of aromatic amines is 1. The smallest absolute Gasteiger partial charge is 0.376 e. The van der Waals surface area contributed by atoms with Gasteiger partial charge in [0.15, 0.2) is 11.4 Å². The van der Waals surface area contributed by atoms with Crippen LogP contribution in [0.1, 0.15) is 63.1 Å². The standard InChI is InChI=1S/C20H30F3N5O2/c1-11(2)13-3-4-14(24-10-13)28-7-5-12(6-8-28)17-16-18(27-26-17)25-15(29)9-19(16,30)20(21,22)23/h11-13,15,29-30H,3-10H2,1-2H3,(H2,25,26,27). The number of hydrogen-bond acceptors (Lipinski definition) is 6. The number of nitrogens with zero attached hydrogens (tertiary/aromatic N) is 3. The number of alkyl halides is 3. The number of H-pyrrole nitrogens is 1. The fraction of sp³-hybridized carbons (Fsp3) is 0.800. The predicted molar refractivity (Wildman–Crippen MR) is 106 cm³/mol. The fourth-order valence-corrected chi connectivity index (χ4v) is 4.96. The number of aliphatic imine (C=N–C) groups is 1. The van der Waals surface area contributed by atoms with Gasteiger partial charge in [0.2, 0.25) is 0 Å². The summed E-state index contributed by atoms with van der Waals surface area (Å²) in [4.78, 5) is 7.02. The molecular formula is C20H30F3N5O2. The van der Waals surface area contributed by atoms with Gasteiger partial charge in [0.05, 0.1) is 11.4 Å². The number of likely N-dealkylation sites (tertiary alicyclic amines) is 1. The zero-order valence-electron chi connectivity index (χ0n) is 17.3. The number of nitrogens with one attached hydrogen (secondary N) is 2. The number of aromatic nitrogens is 2. The molecule has 3 atom stereocenters. The van der Waals surface area contributed by atoms with Crippen molar-refractivity contribution in [3.63, 3.8) is 0 Å². The SMILES string of the molecule is CC(C)C1CCC(N2CCC(c3[nH]nc4c3C(O)(C(F)(F)F)CC(O)N4)CC2)=NC1. The molecule has 4 heterocycles. The Morgan fingerprint density at radius 2 is 1.90 bits per heavy atom. The van der Waals surface area contributed by atoms with Crippen LogP contribution in [0.2, 0.25) is 0 Å². The summed E-state index contributed by atoms with van der Waals surface area (Å²) < 4.78 is 41.2. The van der Waals surface area contributed by atoms with Crippen LogP contribution in [0.25, 0.3) is 0 Å². The van der Waals surface area contributed by atoms with Gasteiger partial charge >= 0.3 is 6.18 Å². The molecule has 4 rings (SSSR count). The summed E-state index contributed by atoms with van der Waals surface area (Å²) in [6.07, 6.45) is -3.91. The molecule has 0 aliphatic carbocycles. The largest absolute Gasteiger partial charge is 0.421 e. The van der Waals surface area contributed by atoms with Crippen molar-refractivity contribution in [3.05, 3.63) is 11.3 Å². The van der Waals surface area contributed by atoms with Crippen LogP contribution in [0.5, 0.6) is 0 Å². The van der Waals surface area contributed by atoms with Gasteiger partial charge in [0.25, 0.3) is 0 Å². The molecule has 1 aromatic heterocycles. The summed E-state index contributed by atoms with van der Waals surface area (Å²) in [5.74, 6) is 2.05. The highest BCUT2D eigenvalue weighted by atomic mass is 19.4. The summed E-state index contributed by atoms with van der Waals surface area (Å²) in [6.45, 7) is 6.71. The van der Waals surface area contributed by atoms with Crippen LogP contribution in [0.4, 0.5) is 19.0 Å². The molecule has 1 aromatic rings. The Bertz CT molecular complexity index is 801. The summed E-state index contributed by atoms with van der Waals surface area (Å²) >= 11 is 0. The molecule has 0 saturated carbocycles. The fourth-order valence-electron chi connectivity index (χ4n) is 4.96. The second-order valence-corrected chi connectivity index (χ2v) is 9.14. The summed E-state index contributed by atoms with van der Waals surface area (Å²) in [5.41, 5.74) is -3.07. The average molecular weight is 429 g/mol. The van der Waals surface area contributed by atoms with Crippen LogP contribution < -0.4 is 5.32 Å². The molecule has 3 unspecified atom stereocenters. The van der Waals surface area contributed by atoms with E-state index in [9.17, 15) is 23.4 Å². The molecule has 4 N–H and O–H groups in total. The first kappa shape index (κ1) is 21.4. The predicted octanol–water partition coefficient (Wildman–Crippen LogP) is 2.94. The van der Waals surface area contributed by atoms with Crippen molar-refractivity contribution in [1.82, 2.24) is 15.1 Å². The van der Waals surface area contributed by atoms with E-state index in [2.05, 4.69) is 34.3 Å². The molecule has 3 aliphatic heterocycles. The van der Waals surface area contributed by atoms with Crippen LogP contribution in [0.3, 0.4) is 0 Å². The molecule has 1 saturated heterocycles. The zero-order chi connectivity index (χ0) is 21.7. The minimum atomic E-state index is -4.91. The van der Waals surface area contributed by atoms with Crippen molar-refractivity contribution in [2.24, 2.45) is 16.8 Å². The monoisotopic (exact) mass is 429 g/mol. The van der Waals surface area contributed by atoms with Gasteiger partial charge in [-0.3, -0.25) is 10.1 Å². The number of anilines is 1. The number of fused-ring (bicyclic) bond motifs is 1. The molecule has 3 aliphatic rings. The summed E-state index contributed by atoms with van der Waals surface area (Å²) in [6, 6.07) is 0. The van der Waals surface area contributed by atoms with E-state index in [4.69, 9.17) is 4.99 Å². The molecule has 0 spiro atoms. The lowest BCUT2D eigenvalue weighted by Crippen LogP contribution is -2.50. The Morgan fingerprint density at radius 3 is 2.47 bits per heavy atom. The summed E-state index contributed by atoms with van der Waals surface area (Å²) in [5, 5.41) is 29.5. The molecule has 0 aromatic carbocycles.